The van der Waals surface area contributed by atoms with E-state index in [9.17, 15) is 0 Å². The lowest BCUT2D eigenvalue weighted by Crippen LogP contribution is -1.83. The van der Waals surface area contributed by atoms with Crippen molar-refractivity contribution in [2.75, 3.05) is 0 Å². The number of hydrogen-bond donors (Lipinski definition) is 0. The summed E-state index contributed by atoms with van der Waals surface area (Å²) < 4.78 is 1.00. The zero-order chi connectivity index (χ0) is 13.0. The van der Waals surface area contributed by atoms with E-state index < -0.39 is 0 Å². The van der Waals surface area contributed by atoms with Crippen molar-refractivity contribution in [1.82, 2.24) is 0 Å². The molecular formula is C15H12INS. The molecule has 0 bridgehead atoms. The molecule has 2 aromatic carbocycles. The Balaban J connectivity index is 2.18. The Bertz CT molecular complexity index is 584. The molecule has 0 fully saturated rings. The van der Waals surface area contributed by atoms with E-state index in [4.69, 9.17) is 5.26 Å². The van der Waals surface area contributed by atoms with E-state index in [-0.39, 0.29) is 0 Å². The van der Waals surface area contributed by atoms with Gasteiger partial charge in [0.15, 0.2) is 0 Å². The van der Waals surface area contributed by atoms with Crippen molar-refractivity contribution in [3.8, 4) is 6.07 Å². The maximum absolute atomic E-state index is 8.90. The predicted molar refractivity (Wildman–Crippen MR) is 83.8 cm³/mol. The molecule has 0 unspecified atom stereocenters. The second-order valence-corrected chi connectivity index (χ2v) is 6.16. The fourth-order valence-electron chi connectivity index (χ4n) is 1.58. The summed E-state index contributed by atoms with van der Waals surface area (Å²) in [4.78, 5) is 2.40. The van der Waals surface area contributed by atoms with E-state index in [2.05, 4.69) is 65.9 Å². The van der Waals surface area contributed by atoms with Gasteiger partial charge in [0.2, 0.25) is 0 Å². The molecule has 2 aromatic rings. The lowest BCUT2D eigenvalue weighted by atomic mass is 10.2. The molecule has 0 heterocycles. The van der Waals surface area contributed by atoms with Crippen LogP contribution in [-0.2, 0) is 6.42 Å². The van der Waals surface area contributed by atoms with Gasteiger partial charge in [0.25, 0.3) is 0 Å². The lowest BCUT2D eigenvalue weighted by Gasteiger charge is -2.04. The zero-order valence-corrected chi connectivity index (χ0v) is 13.0. The minimum absolute atomic E-state index is 0.737. The van der Waals surface area contributed by atoms with Crippen LogP contribution in [0.15, 0.2) is 52.3 Å². The van der Waals surface area contributed by atoms with Gasteiger partial charge in [-0.2, -0.15) is 5.26 Å². The van der Waals surface area contributed by atoms with Crippen molar-refractivity contribution in [3.63, 3.8) is 0 Å². The second-order valence-electron chi connectivity index (χ2n) is 3.85. The molecule has 1 nitrogen and oxygen atoms in total. The second kappa shape index (κ2) is 6.26. The Morgan fingerprint density at radius 2 is 1.78 bits per heavy atom. The number of rotatable bonds is 3. The van der Waals surface area contributed by atoms with E-state index in [1.54, 1.807) is 11.8 Å². The summed E-state index contributed by atoms with van der Waals surface area (Å²) in [5, 5.41) is 8.90. The highest BCUT2D eigenvalue weighted by Gasteiger charge is 2.02. The van der Waals surface area contributed by atoms with Crippen LogP contribution in [0.1, 0.15) is 18.1 Å². The Kier molecular flexibility index (Phi) is 4.67. The molecule has 2 rings (SSSR count). The first-order valence-corrected chi connectivity index (χ1v) is 7.59. The van der Waals surface area contributed by atoms with Gasteiger partial charge < -0.3 is 0 Å². The smallest absolute Gasteiger partial charge is 0.100 e. The molecule has 0 N–H and O–H groups in total. The molecule has 0 spiro atoms. The van der Waals surface area contributed by atoms with Gasteiger partial charge in [0, 0.05) is 13.4 Å². The molecule has 0 radical (unpaired) electrons. The van der Waals surface area contributed by atoms with Crippen LogP contribution in [-0.4, -0.2) is 0 Å². The third-order valence-electron chi connectivity index (χ3n) is 2.63. The van der Waals surface area contributed by atoms with Crippen LogP contribution in [0.3, 0.4) is 0 Å². The van der Waals surface area contributed by atoms with Gasteiger partial charge in [-0.3, -0.25) is 0 Å². The number of aryl methyl sites for hydroxylation is 1. The van der Waals surface area contributed by atoms with E-state index in [1.807, 2.05) is 12.1 Å². The van der Waals surface area contributed by atoms with Crippen LogP contribution in [0.5, 0.6) is 0 Å². The minimum atomic E-state index is 0.737. The van der Waals surface area contributed by atoms with Gasteiger partial charge in [-0.05, 0) is 64.9 Å². The summed E-state index contributed by atoms with van der Waals surface area (Å²) >= 11 is 3.93. The molecule has 0 saturated carbocycles. The van der Waals surface area contributed by atoms with Crippen LogP contribution in [0, 0.1) is 14.9 Å². The largest absolute Gasteiger partial charge is 0.192 e. The standard InChI is InChI=1S/C15H12INS/c1-2-11-3-6-13(7-4-11)18-14-8-5-12(10-17)15(16)9-14/h3-9H,2H2,1H3. The molecule has 3 heteroatoms. The van der Waals surface area contributed by atoms with Gasteiger partial charge in [0.05, 0.1) is 5.56 Å². The molecule has 18 heavy (non-hydrogen) atoms. The third-order valence-corrected chi connectivity index (χ3v) is 4.52. The first-order chi connectivity index (χ1) is 8.72. The topological polar surface area (TPSA) is 23.8 Å². The van der Waals surface area contributed by atoms with Gasteiger partial charge in [-0.15, -0.1) is 0 Å². The molecule has 90 valence electrons. The molecule has 0 aliphatic rings. The van der Waals surface area contributed by atoms with Crippen molar-refractivity contribution in [2.24, 2.45) is 0 Å². The van der Waals surface area contributed by atoms with E-state index in [0.717, 1.165) is 15.6 Å². The highest BCUT2D eigenvalue weighted by Crippen LogP contribution is 2.29. The summed E-state index contributed by atoms with van der Waals surface area (Å²) in [5.74, 6) is 0. The number of nitriles is 1. The zero-order valence-electron chi connectivity index (χ0n) is 9.98. The quantitative estimate of drug-likeness (QED) is 0.724. The van der Waals surface area contributed by atoms with Crippen LogP contribution >= 0.6 is 34.4 Å². The van der Waals surface area contributed by atoms with E-state index >= 15 is 0 Å². The lowest BCUT2D eigenvalue weighted by molar-refractivity contribution is 1.13. The first-order valence-electron chi connectivity index (χ1n) is 5.69. The van der Waals surface area contributed by atoms with Gasteiger partial charge in [0.1, 0.15) is 6.07 Å². The Morgan fingerprint density at radius 3 is 2.33 bits per heavy atom. The summed E-state index contributed by atoms with van der Waals surface area (Å²) in [6.45, 7) is 2.16. The van der Waals surface area contributed by atoms with Crippen molar-refractivity contribution in [2.45, 2.75) is 23.1 Å². The maximum atomic E-state index is 8.90. The number of hydrogen-bond acceptors (Lipinski definition) is 2. The van der Waals surface area contributed by atoms with E-state index in [1.165, 1.54) is 15.4 Å². The highest BCUT2D eigenvalue weighted by molar-refractivity contribution is 14.1. The van der Waals surface area contributed by atoms with Crippen molar-refractivity contribution < 1.29 is 0 Å². The molecule has 0 saturated heterocycles. The third kappa shape index (κ3) is 3.27. The molecule has 0 amide bonds. The summed E-state index contributed by atoms with van der Waals surface area (Å²) in [6.07, 6.45) is 1.07. The summed E-state index contributed by atoms with van der Waals surface area (Å²) in [7, 11) is 0. The SMILES string of the molecule is CCc1ccc(Sc2ccc(C#N)c(I)c2)cc1. The normalized spacial score (nSPS) is 10.1. The first kappa shape index (κ1) is 13.4. The van der Waals surface area contributed by atoms with Gasteiger partial charge >= 0.3 is 0 Å². The van der Waals surface area contributed by atoms with Crippen molar-refractivity contribution >= 4 is 34.4 Å². The van der Waals surface area contributed by atoms with Gasteiger partial charge in [-0.1, -0.05) is 30.8 Å². The number of nitrogens with zero attached hydrogens (tertiary/aromatic N) is 1. The number of benzene rings is 2. The monoisotopic (exact) mass is 365 g/mol. The Labute approximate surface area is 125 Å². The van der Waals surface area contributed by atoms with Crippen LogP contribution < -0.4 is 0 Å². The summed E-state index contributed by atoms with van der Waals surface area (Å²) in [6, 6.07) is 16.7. The Morgan fingerprint density at radius 1 is 1.11 bits per heavy atom. The van der Waals surface area contributed by atoms with Crippen molar-refractivity contribution in [3.05, 3.63) is 57.2 Å². The number of halogens is 1. The molecule has 0 atom stereocenters. The predicted octanol–water partition coefficient (Wildman–Crippen LogP) is 4.88. The fourth-order valence-corrected chi connectivity index (χ4v) is 3.28. The van der Waals surface area contributed by atoms with Crippen LogP contribution in [0.25, 0.3) is 0 Å². The van der Waals surface area contributed by atoms with Crippen LogP contribution in [0.4, 0.5) is 0 Å². The van der Waals surface area contributed by atoms with Crippen molar-refractivity contribution in [1.29, 1.82) is 5.26 Å². The Hall–Kier alpha value is -0.990. The molecular weight excluding hydrogens is 353 g/mol. The minimum Gasteiger partial charge on any atom is -0.192 e. The van der Waals surface area contributed by atoms with Gasteiger partial charge in [-0.25, -0.2) is 0 Å². The summed E-state index contributed by atoms with van der Waals surface area (Å²) in [5.41, 5.74) is 2.09. The average molecular weight is 365 g/mol. The average Bonchev–Trinajstić information content (AvgIpc) is 2.40. The van der Waals surface area contributed by atoms with Crippen LogP contribution in [0.2, 0.25) is 0 Å². The highest BCUT2D eigenvalue weighted by atomic mass is 127. The molecule has 0 aliphatic carbocycles. The maximum Gasteiger partial charge on any atom is 0.100 e. The fraction of sp³-hybridized carbons (Fsp3) is 0.133. The molecule has 0 aliphatic heterocycles. The van der Waals surface area contributed by atoms with E-state index in [0.29, 0.717) is 0 Å². The molecule has 0 aromatic heterocycles.